The normalized spacial score (nSPS) is 17.8. The van der Waals surface area contributed by atoms with Gasteiger partial charge in [0, 0.05) is 31.6 Å². The lowest BCUT2D eigenvalue weighted by atomic mass is 9.85. The van der Waals surface area contributed by atoms with E-state index < -0.39 is 27.4 Å². The lowest BCUT2D eigenvalue weighted by Crippen LogP contribution is -2.59. The Balaban J connectivity index is 1.34. The summed E-state index contributed by atoms with van der Waals surface area (Å²) in [5, 5.41) is 7.89. The molecule has 1 aliphatic carbocycles. The van der Waals surface area contributed by atoms with Crippen LogP contribution in [0.5, 0.6) is 0 Å². The third-order valence-electron chi connectivity index (χ3n) is 7.36. The van der Waals surface area contributed by atoms with Crippen LogP contribution in [0.15, 0.2) is 48.5 Å². The molecule has 3 aromatic rings. The van der Waals surface area contributed by atoms with Gasteiger partial charge in [-0.15, -0.1) is 0 Å². The van der Waals surface area contributed by atoms with Gasteiger partial charge in [-0.2, -0.15) is 9.40 Å². The lowest BCUT2D eigenvalue weighted by Gasteiger charge is -2.39. The molecule has 1 saturated heterocycles. The van der Waals surface area contributed by atoms with E-state index in [9.17, 15) is 22.4 Å². The summed E-state index contributed by atoms with van der Waals surface area (Å²) in [4.78, 5) is 28.9. The van der Waals surface area contributed by atoms with Gasteiger partial charge in [0.1, 0.15) is 11.9 Å². The van der Waals surface area contributed by atoms with Gasteiger partial charge in [0.05, 0.1) is 17.3 Å². The number of carbonyl (C=O) groups excluding carboxylic acids is 2. The van der Waals surface area contributed by atoms with Crippen molar-refractivity contribution in [1.29, 1.82) is 0 Å². The van der Waals surface area contributed by atoms with E-state index >= 15 is 0 Å². The number of rotatable bonds is 7. The standard InChI is InChI=1S/C28H34FN5O4S/c1-28(2,3)25(27(36)32-14-16-33(17-15-32)39(37,38)21-12-13-21)30-26(35)24-22-6-4-5-7-23(22)34(31-24)18-19-8-10-20(29)11-9-19/h4-11,21,25H,12-18H2,1-3H3,(H,30,35)/t25-/m1/s1. The number of carbonyl (C=O) groups is 2. The second kappa shape index (κ2) is 10.3. The highest BCUT2D eigenvalue weighted by molar-refractivity contribution is 7.90. The summed E-state index contributed by atoms with van der Waals surface area (Å²) < 4.78 is 41.8. The molecule has 9 nitrogen and oxygen atoms in total. The molecule has 39 heavy (non-hydrogen) atoms. The number of nitrogens with zero attached hydrogens (tertiary/aromatic N) is 4. The Morgan fingerprint density at radius 2 is 1.67 bits per heavy atom. The maximum Gasteiger partial charge on any atom is 0.273 e. The number of para-hydroxylation sites is 1. The van der Waals surface area contributed by atoms with Gasteiger partial charge in [-0.1, -0.05) is 51.1 Å². The second-order valence-electron chi connectivity index (χ2n) is 11.4. The molecule has 1 N–H and O–H groups in total. The summed E-state index contributed by atoms with van der Waals surface area (Å²) in [7, 11) is -3.29. The van der Waals surface area contributed by atoms with Gasteiger partial charge in [-0.05, 0) is 42.0 Å². The van der Waals surface area contributed by atoms with E-state index in [1.807, 2.05) is 45.0 Å². The van der Waals surface area contributed by atoms with Crippen molar-refractivity contribution < 1.29 is 22.4 Å². The fraction of sp³-hybridized carbons (Fsp3) is 0.464. The van der Waals surface area contributed by atoms with Crippen LogP contribution in [-0.2, 0) is 21.4 Å². The van der Waals surface area contributed by atoms with E-state index in [0.29, 0.717) is 24.8 Å². The molecule has 0 unspecified atom stereocenters. The van der Waals surface area contributed by atoms with Crippen LogP contribution in [0, 0.1) is 11.2 Å². The van der Waals surface area contributed by atoms with Crippen LogP contribution in [0.4, 0.5) is 4.39 Å². The van der Waals surface area contributed by atoms with E-state index in [1.54, 1.807) is 21.7 Å². The van der Waals surface area contributed by atoms with Crippen molar-refractivity contribution in [2.45, 2.75) is 51.4 Å². The number of sulfonamides is 1. The number of piperazine rings is 1. The minimum atomic E-state index is -3.29. The average Bonchev–Trinajstić information content (AvgIpc) is 3.71. The highest BCUT2D eigenvalue weighted by Crippen LogP contribution is 2.32. The van der Waals surface area contributed by atoms with E-state index in [0.717, 1.165) is 11.1 Å². The van der Waals surface area contributed by atoms with E-state index in [1.165, 1.54) is 16.4 Å². The molecular formula is C28H34FN5O4S. The summed E-state index contributed by atoms with van der Waals surface area (Å²) in [6.45, 7) is 7.08. The molecule has 11 heteroatoms. The molecule has 1 aromatic heterocycles. The highest BCUT2D eigenvalue weighted by Gasteiger charge is 2.43. The van der Waals surface area contributed by atoms with Gasteiger partial charge in [0.25, 0.3) is 5.91 Å². The molecule has 2 aromatic carbocycles. The Labute approximate surface area is 228 Å². The Morgan fingerprint density at radius 3 is 2.28 bits per heavy atom. The van der Waals surface area contributed by atoms with E-state index in [4.69, 9.17) is 0 Å². The number of nitrogens with one attached hydrogen (secondary N) is 1. The van der Waals surface area contributed by atoms with Gasteiger partial charge in [-0.3, -0.25) is 14.3 Å². The number of amides is 2. The van der Waals surface area contributed by atoms with Gasteiger partial charge >= 0.3 is 0 Å². The van der Waals surface area contributed by atoms with E-state index in [2.05, 4.69) is 10.4 Å². The summed E-state index contributed by atoms with van der Waals surface area (Å²) >= 11 is 0. The first-order chi connectivity index (χ1) is 18.4. The summed E-state index contributed by atoms with van der Waals surface area (Å²) in [5.41, 5.74) is 1.19. The molecule has 0 bridgehead atoms. The number of aromatic nitrogens is 2. The first-order valence-electron chi connectivity index (χ1n) is 13.2. The molecule has 1 aliphatic heterocycles. The predicted octanol–water partition coefficient (Wildman–Crippen LogP) is 3.00. The van der Waals surface area contributed by atoms with Crippen molar-refractivity contribution in [2.24, 2.45) is 5.41 Å². The predicted molar refractivity (Wildman–Crippen MR) is 146 cm³/mol. The fourth-order valence-corrected chi connectivity index (χ4v) is 6.77. The molecule has 5 rings (SSSR count). The molecule has 2 heterocycles. The number of benzene rings is 2. The van der Waals surface area contributed by atoms with Crippen LogP contribution in [0.2, 0.25) is 0 Å². The molecule has 1 atom stereocenters. The summed E-state index contributed by atoms with van der Waals surface area (Å²) in [6.07, 6.45) is 1.40. The Morgan fingerprint density at radius 1 is 1.03 bits per heavy atom. The van der Waals surface area contributed by atoms with Gasteiger partial charge in [0.2, 0.25) is 15.9 Å². The Kier molecular flexibility index (Phi) is 7.23. The van der Waals surface area contributed by atoms with Crippen LogP contribution in [0.3, 0.4) is 0 Å². The zero-order valence-corrected chi connectivity index (χ0v) is 23.2. The van der Waals surface area contributed by atoms with Crippen molar-refractivity contribution >= 4 is 32.7 Å². The van der Waals surface area contributed by atoms with Crippen LogP contribution >= 0.6 is 0 Å². The maximum absolute atomic E-state index is 13.6. The van der Waals surface area contributed by atoms with Gasteiger partial charge < -0.3 is 10.2 Å². The van der Waals surface area contributed by atoms with Gasteiger partial charge in [0.15, 0.2) is 5.69 Å². The van der Waals surface area contributed by atoms with Crippen molar-refractivity contribution in [3.05, 3.63) is 65.6 Å². The van der Waals surface area contributed by atoms with Gasteiger partial charge in [-0.25, -0.2) is 12.8 Å². The fourth-order valence-electron chi connectivity index (χ4n) is 4.95. The highest BCUT2D eigenvalue weighted by atomic mass is 32.2. The first kappa shape index (κ1) is 27.3. The summed E-state index contributed by atoms with van der Waals surface area (Å²) in [6, 6.07) is 12.6. The van der Waals surface area contributed by atoms with Crippen molar-refractivity contribution in [2.75, 3.05) is 26.2 Å². The number of hydrogen-bond acceptors (Lipinski definition) is 5. The average molecular weight is 556 g/mol. The summed E-state index contributed by atoms with van der Waals surface area (Å²) in [5.74, 6) is -1.03. The molecule has 208 valence electrons. The Hall–Kier alpha value is -3.31. The molecule has 2 fully saturated rings. The molecule has 0 radical (unpaired) electrons. The van der Waals surface area contributed by atoms with E-state index in [-0.39, 0.29) is 48.8 Å². The lowest BCUT2D eigenvalue weighted by molar-refractivity contribution is -0.137. The van der Waals surface area contributed by atoms with Crippen molar-refractivity contribution in [3.8, 4) is 0 Å². The third kappa shape index (κ3) is 5.69. The van der Waals surface area contributed by atoms with Crippen LogP contribution < -0.4 is 5.32 Å². The molecule has 2 amide bonds. The van der Waals surface area contributed by atoms with Crippen molar-refractivity contribution in [3.63, 3.8) is 0 Å². The molecule has 1 saturated carbocycles. The zero-order chi connectivity index (χ0) is 27.9. The van der Waals surface area contributed by atoms with Crippen molar-refractivity contribution in [1.82, 2.24) is 24.3 Å². The number of hydrogen-bond donors (Lipinski definition) is 1. The third-order valence-corrected chi connectivity index (χ3v) is 9.76. The van der Waals surface area contributed by atoms with Crippen LogP contribution in [0.25, 0.3) is 10.9 Å². The van der Waals surface area contributed by atoms with Crippen LogP contribution in [0.1, 0.15) is 49.7 Å². The quantitative estimate of drug-likeness (QED) is 0.483. The largest absolute Gasteiger partial charge is 0.338 e. The first-order valence-corrected chi connectivity index (χ1v) is 14.7. The zero-order valence-electron chi connectivity index (χ0n) is 22.4. The minimum absolute atomic E-state index is 0.204. The second-order valence-corrected chi connectivity index (χ2v) is 13.6. The molecule has 2 aliphatic rings. The molecular weight excluding hydrogens is 521 g/mol. The Bertz CT molecular complexity index is 1480. The number of fused-ring (bicyclic) bond motifs is 1. The monoisotopic (exact) mass is 555 g/mol. The topological polar surface area (TPSA) is 105 Å². The SMILES string of the molecule is CC(C)(C)[C@H](NC(=O)c1nn(Cc2ccc(F)cc2)c2ccccc12)C(=O)N1CCN(S(=O)(=O)C2CC2)CC1. The van der Waals surface area contributed by atoms with Crippen LogP contribution in [-0.4, -0.2) is 76.7 Å². The molecule has 0 spiro atoms. The maximum atomic E-state index is 13.6. The smallest absolute Gasteiger partial charge is 0.273 e. The minimum Gasteiger partial charge on any atom is -0.338 e. The number of halogens is 1.